The van der Waals surface area contributed by atoms with E-state index in [9.17, 15) is 4.79 Å². The molecule has 5 heteroatoms. The van der Waals surface area contributed by atoms with Gasteiger partial charge in [0.2, 0.25) is 0 Å². The lowest BCUT2D eigenvalue weighted by Gasteiger charge is -2.34. The third-order valence-electron chi connectivity index (χ3n) is 1.46. The summed E-state index contributed by atoms with van der Waals surface area (Å²) in [6.07, 6.45) is 0.432. The number of oxime groups is 1. The minimum atomic E-state index is -0.914. The van der Waals surface area contributed by atoms with E-state index in [0.29, 0.717) is 13.1 Å². The average Bonchev–Trinajstić information content (AvgIpc) is 1.76. The highest BCUT2D eigenvalue weighted by Gasteiger charge is 2.28. The quantitative estimate of drug-likeness (QED) is 0.310. The largest absolute Gasteiger partial charge is 0.465 e. The lowest BCUT2D eigenvalue weighted by Crippen LogP contribution is -2.49. The molecule has 0 saturated carbocycles. The number of nitrogens with zero attached hydrogens (tertiary/aromatic N) is 2. The van der Waals surface area contributed by atoms with Crippen LogP contribution in [-0.2, 0) is 0 Å². The van der Waals surface area contributed by atoms with Crippen LogP contribution in [0.3, 0.4) is 0 Å². The zero-order valence-corrected chi connectivity index (χ0v) is 5.27. The van der Waals surface area contributed by atoms with Crippen LogP contribution in [0, 0.1) is 5.92 Å². The predicted octanol–water partition coefficient (Wildman–Crippen LogP) is 0.0562. The van der Waals surface area contributed by atoms with Crippen LogP contribution < -0.4 is 0 Å². The van der Waals surface area contributed by atoms with Crippen LogP contribution in [0.4, 0.5) is 4.79 Å². The van der Waals surface area contributed by atoms with E-state index in [1.54, 1.807) is 0 Å². The van der Waals surface area contributed by atoms with Gasteiger partial charge in [-0.3, -0.25) is 0 Å². The summed E-state index contributed by atoms with van der Waals surface area (Å²) in [7, 11) is 0. The van der Waals surface area contributed by atoms with Gasteiger partial charge in [-0.1, -0.05) is 0 Å². The van der Waals surface area contributed by atoms with Crippen LogP contribution in [0.25, 0.3) is 0 Å². The van der Waals surface area contributed by atoms with Crippen molar-refractivity contribution < 1.29 is 15.1 Å². The number of rotatable bonds is 1. The van der Waals surface area contributed by atoms with Gasteiger partial charge in [-0.25, -0.2) is 4.79 Å². The average molecular weight is 144 g/mol. The van der Waals surface area contributed by atoms with Crippen molar-refractivity contribution in [1.29, 1.82) is 0 Å². The summed E-state index contributed by atoms with van der Waals surface area (Å²) in [5.41, 5.74) is 0. The van der Waals surface area contributed by atoms with E-state index in [0.717, 1.165) is 0 Å². The van der Waals surface area contributed by atoms with Crippen molar-refractivity contribution in [2.45, 2.75) is 0 Å². The highest BCUT2D eigenvalue weighted by Crippen LogP contribution is 2.12. The Kier molecular flexibility index (Phi) is 1.75. The highest BCUT2D eigenvalue weighted by molar-refractivity contribution is 5.70. The van der Waals surface area contributed by atoms with E-state index in [1.807, 2.05) is 0 Å². The lowest BCUT2D eigenvalue weighted by atomic mass is 10.0. The SMILES string of the molecule is O=C(O)N1CC(/C=N\O)C1. The monoisotopic (exact) mass is 144 g/mol. The smallest absolute Gasteiger partial charge is 0.407 e. The van der Waals surface area contributed by atoms with Gasteiger partial charge >= 0.3 is 6.09 Å². The maximum atomic E-state index is 10.2. The third-order valence-corrected chi connectivity index (χ3v) is 1.46. The Morgan fingerprint density at radius 1 is 1.70 bits per heavy atom. The standard InChI is InChI=1S/C5H8N2O3/c8-5(9)7-2-4(3-7)1-6-10/h1,4,10H,2-3H2,(H,8,9)/b6-1-. The Bertz CT molecular complexity index is 162. The Hall–Kier alpha value is -1.26. The van der Waals surface area contributed by atoms with Crippen LogP contribution in [0.2, 0.25) is 0 Å². The van der Waals surface area contributed by atoms with Crippen LogP contribution in [0.5, 0.6) is 0 Å². The van der Waals surface area contributed by atoms with Gasteiger partial charge in [0.05, 0.1) is 6.21 Å². The van der Waals surface area contributed by atoms with Gasteiger partial charge in [-0.05, 0) is 0 Å². The molecule has 0 aliphatic carbocycles. The molecule has 0 aromatic carbocycles. The van der Waals surface area contributed by atoms with E-state index in [2.05, 4.69) is 5.16 Å². The lowest BCUT2D eigenvalue weighted by molar-refractivity contribution is 0.103. The van der Waals surface area contributed by atoms with E-state index in [4.69, 9.17) is 10.3 Å². The Morgan fingerprint density at radius 3 is 2.70 bits per heavy atom. The van der Waals surface area contributed by atoms with E-state index in [1.165, 1.54) is 11.1 Å². The first kappa shape index (κ1) is 6.85. The van der Waals surface area contributed by atoms with E-state index >= 15 is 0 Å². The Morgan fingerprint density at radius 2 is 2.30 bits per heavy atom. The van der Waals surface area contributed by atoms with Crippen LogP contribution in [0.1, 0.15) is 0 Å². The molecule has 1 aliphatic rings. The molecular weight excluding hydrogens is 136 g/mol. The first-order valence-corrected chi connectivity index (χ1v) is 2.89. The van der Waals surface area contributed by atoms with Crippen molar-refractivity contribution in [3.05, 3.63) is 0 Å². The molecule has 0 aromatic heterocycles. The molecule has 56 valence electrons. The first-order chi connectivity index (χ1) is 4.74. The molecule has 2 N–H and O–H groups in total. The number of hydrogen-bond acceptors (Lipinski definition) is 3. The third kappa shape index (κ3) is 1.18. The van der Waals surface area contributed by atoms with Gasteiger partial charge in [0.25, 0.3) is 0 Å². The molecule has 5 nitrogen and oxygen atoms in total. The van der Waals surface area contributed by atoms with Crippen molar-refractivity contribution in [2.24, 2.45) is 11.1 Å². The molecular formula is C5H8N2O3. The topological polar surface area (TPSA) is 73.1 Å². The number of amides is 1. The zero-order valence-electron chi connectivity index (χ0n) is 5.27. The number of likely N-dealkylation sites (tertiary alicyclic amines) is 1. The molecule has 10 heavy (non-hydrogen) atoms. The molecule has 1 aliphatic heterocycles. The summed E-state index contributed by atoms with van der Waals surface area (Å²) < 4.78 is 0. The maximum Gasteiger partial charge on any atom is 0.407 e. The minimum absolute atomic E-state index is 0.0982. The van der Waals surface area contributed by atoms with Gasteiger partial charge in [-0.2, -0.15) is 0 Å². The minimum Gasteiger partial charge on any atom is -0.465 e. The summed E-state index contributed by atoms with van der Waals surface area (Å²) in [5.74, 6) is 0.0982. The fraction of sp³-hybridized carbons (Fsp3) is 0.600. The number of carboxylic acid groups (broad SMARTS) is 1. The van der Waals surface area contributed by atoms with Crippen molar-refractivity contribution >= 4 is 12.3 Å². The van der Waals surface area contributed by atoms with Gasteiger partial charge in [0.15, 0.2) is 0 Å². The first-order valence-electron chi connectivity index (χ1n) is 2.89. The van der Waals surface area contributed by atoms with Crippen LogP contribution >= 0.6 is 0 Å². The van der Waals surface area contributed by atoms with Crippen molar-refractivity contribution in [1.82, 2.24) is 4.90 Å². The normalized spacial score (nSPS) is 19.4. The maximum absolute atomic E-state index is 10.2. The molecule has 0 atom stereocenters. The molecule has 0 aromatic rings. The zero-order chi connectivity index (χ0) is 7.56. The molecule has 0 radical (unpaired) electrons. The number of hydrogen-bond donors (Lipinski definition) is 2. The van der Waals surface area contributed by atoms with Crippen molar-refractivity contribution in [3.8, 4) is 0 Å². The summed E-state index contributed by atoms with van der Waals surface area (Å²) >= 11 is 0. The second-order valence-electron chi connectivity index (χ2n) is 2.21. The summed E-state index contributed by atoms with van der Waals surface area (Å²) in [4.78, 5) is 11.4. The highest BCUT2D eigenvalue weighted by atomic mass is 16.4. The second-order valence-corrected chi connectivity index (χ2v) is 2.21. The Labute approximate surface area is 57.6 Å². The molecule has 1 saturated heterocycles. The van der Waals surface area contributed by atoms with Crippen molar-refractivity contribution in [3.63, 3.8) is 0 Å². The van der Waals surface area contributed by atoms with Gasteiger partial charge in [0.1, 0.15) is 0 Å². The van der Waals surface area contributed by atoms with Gasteiger partial charge in [0, 0.05) is 19.0 Å². The molecule has 1 rings (SSSR count). The fourth-order valence-electron chi connectivity index (χ4n) is 0.857. The number of carbonyl (C=O) groups is 1. The molecule has 0 spiro atoms. The Balaban J connectivity index is 2.24. The van der Waals surface area contributed by atoms with Crippen LogP contribution in [0.15, 0.2) is 5.16 Å². The van der Waals surface area contributed by atoms with Crippen molar-refractivity contribution in [2.75, 3.05) is 13.1 Å². The predicted molar refractivity (Wildman–Crippen MR) is 33.4 cm³/mol. The summed E-state index contributed by atoms with van der Waals surface area (Å²) in [6, 6.07) is 0. The molecule has 1 amide bonds. The summed E-state index contributed by atoms with van der Waals surface area (Å²) in [5, 5.41) is 19.2. The molecule has 1 fully saturated rings. The van der Waals surface area contributed by atoms with E-state index in [-0.39, 0.29) is 5.92 Å². The molecule has 1 heterocycles. The molecule has 0 bridgehead atoms. The molecule has 0 unspecified atom stereocenters. The fourth-order valence-corrected chi connectivity index (χ4v) is 0.857. The van der Waals surface area contributed by atoms with E-state index < -0.39 is 6.09 Å². The van der Waals surface area contributed by atoms with Gasteiger partial charge in [-0.15, -0.1) is 5.16 Å². The summed E-state index contributed by atoms with van der Waals surface area (Å²) in [6.45, 7) is 0.888. The second kappa shape index (κ2) is 2.55. The van der Waals surface area contributed by atoms with Crippen LogP contribution in [-0.4, -0.2) is 40.6 Å². The van der Waals surface area contributed by atoms with Gasteiger partial charge < -0.3 is 15.2 Å².